The maximum atomic E-state index is 11.5. The molecule has 0 aromatic heterocycles. The van der Waals surface area contributed by atoms with Gasteiger partial charge in [0.25, 0.3) is 0 Å². The molecule has 3 heteroatoms. The number of ether oxygens (including phenoxy) is 1. The van der Waals surface area contributed by atoms with E-state index in [1.54, 1.807) is 0 Å². The lowest BCUT2D eigenvalue weighted by Crippen LogP contribution is -2.32. The average molecular weight is 183 g/mol. The van der Waals surface area contributed by atoms with Crippen LogP contribution in [-0.4, -0.2) is 30.2 Å². The van der Waals surface area contributed by atoms with Crippen molar-refractivity contribution in [2.75, 3.05) is 13.1 Å². The lowest BCUT2D eigenvalue weighted by Gasteiger charge is -2.19. The van der Waals surface area contributed by atoms with Gasteiger partial charge in [0.2, 0.25) is 0 Å². The standard InChI is InChI=1S/C10H17NO2/c12-10(13-9-5-6-9)11-7-3-1-2-4-8-11/h9H,1-8H2. The molecule has 0 unspecified atom stereocenters. The summed E-state index contributed by atoms with van der Waals surface area (Å²) in [6.07, 6.45) is 7.10. The van der Waals surface area contributed by atoms with Gasteiger partial charge in [0.15, 0.2) is 0 Å². The highest BCUT2D eigenvalue weighted by Gasteiger charge is 2.28. The average Bonchev–Trinajstić information content (AvgIpc) is 2.87. The Labute approximate surface area is 79.0 Å². The quantitative estimate of drug-likeness (QED) is 0.623. The van der Waals surface area contributed by atoms with E-state index in [0.717, 1.165) is 38.8 Å². The fourth-order valence-electron chi connectivity index (χ4n) is 1.66. The minimum absolute atomic E-state index is 0.0793. The Morgan fingerprint density at radius 3 is 2.23 bits per heavy atom. The SMILES string of the molecule is O=C(OC1CC1)N1CCCCCC1. The summed E-state index contributed by atoms with van der Waals surface area (Å²) < 4.78 is 5.24. The van der Waals surface area contributed by atoms with E-state index in [2.05, 4.69) is 0 Å². The second-order valence-electron chi connectivity index (χ2n) is 3.98. The van der Waals surface area contributed by atoms with E-state index in [1.807, 2.05) is 4.90 Å². The van der Waals surface area contributed by atoms with E-state index in [9.17, 15) is 4.79 Å². The molecule has 1 saturated heterocycles. The van der Waals surface area contributed by atoms with Gasteiger partial charge in [-0.3, -0.25) is 0 Å². The number of amides is 1. The molecule has 13 heavy (non-hydrogen) atoms. The van der Waals surface area contributed by atoms with E-state index >= 15 is 0 Å². The van der Waals surface area contributed by atoms with E-state index in [0.29, 0.717) is 0 Å². The summed E-state index contributed by atoms with van der Waals surface area (Å²) in [7, 11) is 0. The van der Waals surface area contributed by atoms with Crippen LogP contribution in [0.25, 0.3) is 0 Å². The summed E-state index contributed by atoms with van der Waals surface area (Å²) >= 11 is 0. The van der Waals surface area contributed by atoms with E-state index < -0.39 is 0 Å². The van der Waals surface area contributed by atoms with Crippen molar-refractivity contribution in [2.45, 2.75) is 44.6 Å². The molecule has 1 heterocycles. The Morgan fingerprint density at radius 1 is 1.08 bits per heavy atom. The van der Waals surface area contributed by atoms with Crippen molar-refractivity contribution < 1.29 is 9.53 Å². The predicted octanol–water partition coefficient (Wildman–Crippen LogP) is 2.16. The number of carbonyl (C=O) groups is 1. The van der Waals surface area contributed by atoms with E-state index in [1.165, 1.54) is 12.8 Å². The van der Waals surface area contributed by atoms with Crippen LogP contribution in [0.5, 0.6) is 0 Å². The van der Waals surface area contributed by atoms with Crippen molar-refractivity contribution in [1.29, 1.82) is 0 Å². The summed E-state index contributed by atoms with van der Waals surface area (Å²) in [5, 5.41) is 0. The summed E-state index contributed by atoms with van der Waals surface area (Å²) in [5.41, 5.74) is 0. The molecular weight excluding hydrogens is 166 g/mol. The van der Waals surface area contributed by atoms with Crippen LogP contribution in [0, 0.1) is 0 Å². The number of likely N-dealkylation sites (tertiary alicyclic amines) is 1. The van der Waals surface area contributed by atoms with Gasteiger partial charge in [-0.2, -0.15) is 0 Å². The molecule has 2 aliphatic rings. The molecule has 1 amide bonds. The van der Waals surface area contributed by atoms with Crippen molar-refractivity contribution in [1.82, 2.24) is 4.90 Å². The first-order chi connectivity index (χ1) is 6.36. The molecule has 2 fully saturated rings. The van der Waals surface area contributed by atoms with E-state index in [4.69, 9.17) is 4.74 Å². The normalized spacial score (nSPS) is 23.8. The van der Waals surface area contributed by atoms with Crippen LogP contribution in [0.15, 0.2) is 0 Å². The molecule has 1 aliphatic heterocycles. The van der Waals surface area contributed by atoms with Gasteiger partial charge in [0.05, 0.1) is 0 Å². The Morgan fingerprint density at radius 2 is 1.69 bits per heavy atom. The lowest BCUT2D eigenvalue weighted by molar-refractivity contribution is 0.0971. The van der Waals surface area contributed by atoms with Gasteiger partial charge < -0.3 is 9.64 Å². The molecule has 0 spiro atoms. The van der Waals surface area contributed by atoms with Gasteiger partial charge in [-0.15, -0.1) is 0 Å². The molecule has 0 radical (unpaired) electrons. The summed E-state index contributed by atoms with van der Waals surface area (Å²) in [6.45, 7) is 1.79. The van der Waals surface area contributed by atoms with Gasteiger partial charge >= 0.3 is 6.09 Å². The zero-order valence-corrected chi connectivity index (χ0v) is 8.00. The highest BCUT2D eigenvalue weighted by molar-refractivity contribution is 5.68. The minimum Gasteiger partial charge on any atom is -0.446 e. The Bertz CT molecular complexity index is 181. The van der Waals surface area contributed by atoms with Crippen LogP contribution in [0.3, 0.4) is 0 Å². The third-order valence-electron chi connectivity index (χ3n) is 2.66. The molecule has 0 aromatic rings. The fraction of sp³-hybridized carbons (Fsp3) is 0.900. The molecular formula is C10H17NO2. The van der Waals surface area contributed by atoms with Crippen molar-refractivity contribution in [3.63, 3.8) is 0 Å². The molecule has 0 aromatic carbocycles. The zero-order valence-electron chi connectivity index (χ0n) is 8.00. The Hall–Kier alpha value is -0.730. The summed E-state index contributed by atoms with van der Waals surface area (Å²) in [5.74, 6) is 0. The smallest absolute Gasteiger partial charge is 0.410 e. The fourth-order valence-corrected chi connectivity index (χ4v) is 1.66. The van der Waals surface area contributed by atoms with Crippen LogP contribution in [0.1, 0.15) is 38.5 Å². The lowest BCUT2D eigenvalue weighted by atomic mass is 10.2. The second kappa shape index (κ2) is 3.99. The molecule has 2 rings (SSSR count). The summed E-state index contributed by atoms with van der Waals surface area (Å²) in [4.78, 5) is 13.4. The van der Waals surface area contributed by atoms with Crippen LogP contribution in [0.4, 0.5) is 4.79 Å². The second-order valence-corrected chi connectivity index (χ2v) is 3.98. The van der Waals surface area contributed by atoms with Crippen LogP contribution < -0.4 is 0 Å². The first-order valence-electron chi connectivity index (χ1n) is 5.32. The number of rotatable bonds is 1. The van der Waals surface area contributed by atoms with E-state index in [-0.39, 0.29) is 12.2 Å². The van der Waals surface area contributed by atoms with Crippen molar-refractivity contribution in [2.24, 2.45) is 0 Å². The highest BCUT2D eigenvalue weighted by Crippen LogP contribution is 2.24. The van der Waals surface area contributed by atoms with Crippen LogP contribution in [-0.2, 0) is 4.74 Å². The van der Waals surface area contributed by atoms with Gasteiger partial charge in [-0.25, -0.2) is 4.79 Å². The topological polar surface area (TPSA) is 29.5 Å². The maximum absolute atomic E-state index is 11.5. The first-order valence-corrected chi connectivity index (χ1v) is 5.32. The van der Waals surface area contributed by atoms with Crippen molar-refractivity contribution in [3.05, 3.63) is 0 Å². The number of hydrogen-bond donors (Lipinski definition) is 0. The number of carbonyl (C=O) groups excluding carboxylic acids is 1. The van der Waals surface area contributed by atoms with Gasteiger partial charge in [-0.05, 0) is 25.7 Å². The molecule has 0 bridgehead atoms. The molecule has 0 atom stereocenters. The molecule has 1 aliphatic carbocycles. The highest BCUT2D eigenvalue weighted by atomic mass is 16.6. The summed E-state index contributed by atoms with van der Waals surface area (Å²) in [6, 6.07) is 0. The maximum Gasteiger partial charge on any atom is 0.410 e. The van der Waals surface area contributed by atoms with Gasteiger partial charge in [-0.1, -0.05) is 12.8 Å². The monoisotopic (exact) mass is 183 g/mol. The minimum atomic E-state index is -0.0793. The third-order valence-corrected chi connectivity index (χ3v) is 2.66. The molecule has 1 saturated carbocycles. The molecule has 74 valence electrons. The number of hydrogen-bond acceptors (Lipinski definition) is 2. The van der Waals surface area contributed by atoms with Crippen molar-refractivity contribution >= 4 is 6.09 Å². The zero-order chi connectivity index (χ0) is 9.10. The van der Waals surface area contributed by atoms with Crippen molar-refractivity contribution in [3.8, 4) is 0 Å². The first kappa shape index (κ1) is 8.85. The van der Waals surface area contributed by atoms with Gasteiger partial charge in [0.1, 0.15) is 6.10 Å². The predicted molar refractivity (Wildman–Crippen MR) is 49.5 cm³/mol. The Kier molecular flexibility index (Phi) is 2.71. The molecule has 3 nitrogen and oxygen atoms in total. The third kappa shape index (κ3) is 2.61. The number of nitrogens with zero attached hydrogens (tertiary/aromatic N) is 1. The van der Waals surface area contributed by atoms with Gasteiger partial charge in [0, 0.05) is 13.1 Å². The largest absolute Gasteiger partial charge is 0.446 e. The Balaban J connectivity index is 1.78. The molecule has 0 N–H and O–H groups in total. The van der Waals surface area contributed by atoms with Crippen LogP contribution >= 0.6 is 0 Å². The van der Waals surface area contributed by atoms with Crippen LogP contribution in [0.2, 0.25) is 0 Å².